The van der Waals surface area contributed by atoms with Crippen molar-refractivity contribution < 1.29 is 0 Å². The highest BCUT2D eigenvalue weighted by Crippen LogP contribution is 2.54. The van der Waals surface area contributed by atoms with Crippen LogP contribution in [-0.2, 0) is 0 Å². The number of amidine groups is 1. The number of hydrogen-bond donors (Lipinski definition) is 0. The van der Waals surface area contributed by atoms with Gasteiger partial charge in [-0.2, -0.15) is 5.10 Å². The average Bonchev–Trinajstić information content (AvgIpc) is 3.59. The molecule has 3 aliphatic heterocycles. The van der Waals surface area contributed by atoms with Gasteiger partial charge in [0.25, 0.3) is 0 Å². The predicted molar refractivity (Wildman–Crippen MR) is 174 cm³/mol. The zero-order valence-corrected chi connectivity index (χ0v) is 24.5. The van der Waals surface area contributed by atoms with Gasteiger partial charge in [0.15, 0.2) is 11.7 Å². The highest BCUT2D eigenvalue weighted by Gasteiger charge is 2.55. The largest absolute Gasteiger partial charge is 0.337 e. The van der Waals surface area contributed by atoms with Gasteiger partial charge in [0.1, 0.15) is 24.3 Å². The quantitative estimate of drug-likeness (QED) is 0.232. The fraction of sp³-hybridized carbons (Fsp3) is 0.194. The third kappa shape index (κ3) is 3.84. The maximum absolute atomic E-state index is 5.44. The lowest BCUT2D eigenvalue weighted by Crippen LogP contribution is -2.60. The van der Waals surface area contributed by atoms with Crippen molar-refractivity contribution >= 4 is 34.4 Å². The molecule has 0 radical (unpaired) electrons. The first kappa shape index (κ1) is 25.5. The van der Waals surface area contributed by atoms with Gasteiger partial charge in [0, 0.05) is 29.9 Å². The van der Waals surface area contributed by atoms with Gasteiger partial charge in [0.05, 0.1) is 11.9 Å². The average molecular weight is 564 g/mol. The Morgan fingerprint density at radius 2 is 1.35 bits per heavy atom. The number of anilines is 5. The Morgan fingerprint density at radius 3 is 2.12 bits per heavy atom. The molecular weight excluding hydrogens is 530 g/mol. The van der Waals surface area contributed by atoms with Crippen LogP contribution in [-0.4, -0.2) is 35.2 Å². The molecule has 0 fully saturated rings. The molecule has 8 rings (SSSR count). The van der Waals surface area contributed by atoms with Crippen LogP contribution in [0.2, 0.25) is 0 Å². The van der Waals surface area contributed by atoms with E-state index in [2.05, 4.69) is 155 Å². The maximum atomic E-state index is 5.44. The van der Waals surface area contributed by atoms with Crippen LogP contribution in [0.3, 0.4) is 0 Å². The number of aromatic nitrogens is 2. The SMILES string of the molecule is Cc1ccccc1N1c2cncnc2N(C)C1C1C(C)c2ccccc2N2N=C(c3ccccc3)N(c3ccccc3)C12. The predicted octanol–water partition coefficient (Wildman–Crippen LogP) is 7.15. The first-order chi connectivity index (χ1) is 21.1. The minimum Gasteiger partial charge on any atom is -0.337 e. The molecule has 212 valence electrons. The van der Waals surface area contributed by atoms with Crippen LogP contribution < -0.4 is 19.7 Å². The van der Waals surface area contributed by atoms with Crippen molar-refractivity contribution in [1.82, 2.24) is 9.97 Å². The summed E-state index contributed by atoms with van der Waals surface area (Å²) in [5, 5.41) is 7.71. The monoisotopic (exact) mass is 563 g/mol. The number of aryl methyl sites for hydroxylation is 1. The van der Waals surface area contributed by atoms with Crippen LogP contribution in [0.5, 0.6) is 0 Å². The zero-order chi connectivity index (χ0) is 29.1. The summed E-state index contributed by atoms with van der Waals surface area (Å²) in [6.07, 6.45) is 3.46. The number of fused-ring (bicyclic) bond motifs is 4. The molecule has 4 heterocycles. The second-order valence-corrected chi connectivity index (χ2v) is 11.6. The summed E-state index contributed by atoms with van der Waals surface area (Å²) in [5.74, 6) is 2.18. The van der Waals surface area contributed by atoms with Gasteiger partial charge in [-0.25, -0.2) is 15.0 Å². The summed E-state index contributed by atoms with van der Waals surface area (Å²) in [7, 11) is 2.17. The molecule has 7 nitrogen and oxygen atoms in total. The Kier molecular flexibility index (Phi) is 5.93. The van der Waals surface area contributed by atoms with Crippen molar-refractivity contribution in [2.45, 2.75) is 32.1 Å². The van der Waals surface area contributed by atoms with Crippen LogP contribution in [0.1, 0.15) is 29.5 Å². The van der Waals surface area contributed by atoms with E-state index in [0.29, 0.717) is 0 Å². The standard InChI is InChI=1S/C36H33N7/c1-24-14-10-12-20-29(24)42-31-22-37-23-38-34(31)40(3)35(42)32-25(2)28-19-11-13-21-30(28)43-36(32)41(27-17-8-5-9-18-27)33(39-43)26-15-6-4-7-16-26/h4-23,25,32,35-36H,1-3H3. The van der Waals surface area contributed by atoms with Crippen molar-refractivity contribution in [2.24, 2.45) is 11.0 Å². The highest BCUT2D eigenvalue weighted by molar-refractivity contribution is 6.13. The fourth-order valence-corrected chi connectivity index (χ4v) is 7.32. The number of nitrogens with zero attached hydrogens (tertiary/aromatic N) is 7. The van der Waals surface area contributed by atoms with Gasteiger partial charge < -0.3 is 14.7 Å². The van der Waals surface area contributed by atoms with Crippen LogP contribution in [0, 0.1) is 12.8 Å². The summed E-state index contributed by atoms with van der Waals surface area (Å²) in [6, 6.07) is 38.6. The lowest BCUT2D eigenvalue weighted by molar-refractivity contribution is 0.291. The molecule has 0 saturated heterocycles. The zero-order valence-electron chi connectivity index (χ0n) is 24.5. The van der Waals surface area contributed by atoms with Gasteiger partial charge >= 0.3 is 0 Å². The molecule has 4 aromatic carbocycles. The van der Waals surface area contributed by atoms with E-state index in [1.807, 2.05) is 6.20 Å². The molecule has 0 spiro atoms. The molecule has 0 amide bonds. The molecule has 4 unspecified atom stereocenters. The summed E-state index contributed by atoms with van der Waals surface area (Å²) >= 11 is 0. The Hall–Kier alpha value is -5.17. The molecule has 0 aliphatic carbocycles. The molecule has 0 N–H and O–H groups in total. The lowest BCUT2D eigenvalue weighted by Gasteiger charge is -2.50. The molecule has 1 aromatic heterocycles. The summed E-state index contributed by atoms with van der Waals surface area (Å²) in [4.78, 5) is 16.5. The maximum Gasteiger partial charge on any atom is 0.162 e. The molecule has 4 atom stereocenters. The molecule has 0 saturated carbocycles. The van der Waals surface area contributed by atoms with Gasteiger partial charge in [-0.15, -0.1) is 0 Å². The number of rotatable bonds is 4. The number of para-hydroxylation sites is 3. The van der Waals surface area contributed by atoms with Gasteiger partial charge in [-0.3, -0.25) is 0 Å². The Bertz CT molecular complexity index is 1820. The van der Waals surface area contributed by atoms with Crippen molar-refractivity contribution in [3.8, 4) is 0 Å². The second kappa shape index (κ2) is 9.98. The van der Waals surface area contributed by atoms with Crippen molar-refractivity contribution in [3.05, 3.63) is 138 Å². The van der Waals surface area contributed by atoms with Crippen LogP contribution in [0.25, 0.3) is 0 Å². The Labute approximate surface area is 252 Å². The van der Waals surface area contributed by atoms with Crippen molar-refractivity contribution in [2.75, 3.05) is 26.8 Å². The number of hydrogen-bond acceptors (Lipinski definition) is 7. The third-order valence-corrected chi connectivity index (χ3v) is 9.25. The van der Waals surface area contributed by atoms with Crippen LogP contribution in [0.15, 0.2) is 127 Å². The minimum absolute atomic E-state index is 0.0554. The number of benzene rings is 4. The topological polar surface area (TPSA) is 51.1 Å². The molecular formula is C36H33N7. The van der Waals surface area contributed by atoms with Crippen molar-refractivity contribution in [1.29, 1.82) is 0 Å². The van der Waals surface area contributed by atoms with Gasteiger partial charge in [-0.1, -0.05) is 91.9 Å². The Morgan fingerprint density at radius 1 is 0.674 bits per heavy atom. The molecule has 3 aliphatic rings. The van der Waals surface area contributed by atoms with Gasteiger partial charge in [0.2, 0.25) is 0 Å². The van der Waals surface area contributed by atoms with E-state index in [1.165, 1.54) is 16.8 Å². The van der Waals surface area contributed by atoms with E-state index >= 15 is 0 Å². The first-order valence-electron chi connectivity index (χ1n) is 14.9. The molecule has 5 aromatic rings. The second-order valence-electron chi connectivity index (χ2n) is 11.6. The smallest absolute Gasteiger partial charge is 0.162 e. The highest BCUT2D eigenvalue weighted by atomic mass is 15.6. The Balaban J connectivity index is 1.37. The molecule has 7 heteroatoms. The van der Waals surface area contributed by atoms with E-state index in [4.69, 9.17) is 10.1 Å². The third-order valence-electron chi connectivity index (χ3n) is 9.25. The molecule has 43 heavy (non-hydrogen) atoms. The van der Waals surface area contributed by atoms with Gasteiger partial charge in [-0.05, 0) is 48.2 Å². The van der Waals surface area contributed by atoms with Crippen molar-refractivity contribution in [3.63, 3.8) is 0 Å². The summed E-state index contributed by atoms with van der Waals surface area (Å²) in [5.41, 5.74) is 8.07. The van der Waals surface area contributed by atoms with E-state index in [9.17, 15) is 0 Å². The van der Waals surface area contributed by atoms with E-state index in [0.717, 1.165) is 34.3 Å². The molecule has 0 bridgehead atoms. The lowest BCUT2D eigenvalue weighted by atomic mass is 9.77. The van der Waals surface area contributed by atoms with Crippen LogP contribution in [0.4, 0.5) is 28.6 Å². The van der Waals surface area contributed by atoms with E-state index in [-0.39, 0.29) is 24.2 Å². The van der Waals surface area contributed by atoms with E-state index in [1.54, 1.807) is 6.33 Å². The fourth-order valence-electron chi connectivity index (χ4n) is 7.32. The summed E-state index contributed by atoms with van der Waals surface area (Å²) < 4.78 is 0. The van der Waals surface area contributed by atoms with Crippen LogP contribution >= 0.6 is 0 Å². The van der Waals surface area contributed by atoms with E-state index < -0.39 is 0 Å². The normalized spacial score (nSPS) is 22.3. The summed E-state index contributed by atoms with van der Waals surface area (Å²) in [6.45, 7) is 4.56. The number of hydrazone groups is 1. The minimum atomic E-state index is -0.0938. The first-order valence-corrected chi connectivity index (χ1v) is 14.9.